The van der Waals surface area contributed by atoms with Crippen LogP contribution < -0.4 is 4.74 Å². The van der Waals surface area contributed by atoms with E-state index in [1.807, 2.05) is 0 Å². The van der Waals surface area contributed by atoms with Crippen LogP contribution in [-0.2, 0) is 19.5 Å². The zero-order chi connectivity index (χ0) is 19.7. The summed E-state index contributed by atoms with van der Waals surface area (Å²) >= 11 is 0. The summed E-state index contributed by atoms with van der Waals surface area (Å²) in [7, 11) is 3.91. The lowest BCUT2D eigenvalue weighted by Gasteiger charge is -2.32. The van der Waals surface area contributed by atoms with E-state index < -0.39 is 0 Å². The number of nitrogens with zero attached hydrogens (tertiary/aromatic N) is 4. The fraction of sp³-hybridized carbons (Fsp3) is 0.565. The molecular weight excluding hydrogens is 348 g/mol. The van der Waals surface area contributed by atoms with Crippen LogP contribution in [0, 0.1) is 13.8 Å². The van der Waals surface area contributed by atoms with E-state index in [9.17, 15) is 0 Å². The number of hydrogen-bond acceptors (Lipinski definition) is 5. The van der Waals surface area contributed by atoms with Gasteiger partial charge in [-0.15, -0.1) is 0 Å². The Labute approximate surface area is 168 Å². The third-order valence-electron chi connectivity index (χ3n) is 6.56. The molecule has 0 radical (unpaired) electrons. The van der Waals surface area contributed by atoms with Gasteiger partial charge in [0.1, 0.15) is 11.6 Å². The van der Waals surface area contributed by atoms with E-state index in [0.717, 1.165) is 63.6 Å². The molecule has 2 aliphatic rings. The number of methoxy groups -OCH3 is 1. The third-order valence-corrected chi connectivity index (χ3v) is 6.56. The number of benzene rings is 1. The van der Waals surface area contributed by atoms with Crippen LogP contribution in [0.3, 0.4) is 0 Å². The van der Waals surface area contributed by atoms with Crippen LogP contribution >= 0.6 is 0 Å². The summed E-state index contributed by atoms with van der Waals surface area (Å²) < 4.78 is 5.45. The zero-order valence-electron chi connectivity index (χ0n) is 17.7. The van der Waals surface area contributed by atoms with E-state index in [-0.39, 0.29) is 0 Å². The van der Waals surface area contributed by atoms with Crippen LogP contribution in [0.2, 0.25) is 0 Å². The molecule has 0 bridgehead atoms. The molecule has 150 valence electrons. The Morgan fingerprint density at radius 3 is 2.64 bits per heavy atom. The maximum absolute atomic E-state index is 5.45. The minimum absolute atomic E-state index is 0.500. The molecule has 1 aromatic heterocycles. The number of piperidine rings is 1. The highest BCUT2D eigenvalue weighted by Crippen LogP contribution is 2.29. The topological polar surface area (TPSA) is 41.5 Å². The van der Waals surface area contributed by atoms with Crippen molar-refractivity contribution in [3.63, 3.8) is 0 Å². The van der Waals surface area contributed by atoms with Gasteiger partial charge in [0.25, 0.3) is 0 Å². The number of likely N-dealkylation sites (tertiary alicyclic amines) is 1. The van der Waals surface area contributed by atoms with Crippen molar-refractivity contribution in [2.75, 3.05) is 33.8 Å². The molecule has 2 aromatic rings. The van der Waals surface area contributed by atoms with Crippen molar-refractivity contribution in [3.05, 3.63) is 52.1 Å². The van der Waals surface area contributed by atoms with E-state index >= 15 is 0 Å². The van der Waals surface area contributed by atoms with E-state index in [2.05, 4.69) is 49.0 Å². The smallest absolute Gasteiger partial charge is 0.131 e. The van der Waals surface area contributed by atoms with Crippen molar-refractivity contribution in [1.29, 1.82) is 0 Å². The first-order chi connectivity index (χ1) is 13.5. The second-order valence-corrected chi connectivity index (χ2v) is 8.42. The molecule has 0 amide bonds. The average molecular weight is 381 g/mol. The lowest BCUT2D eigenvalue weighted by Crippen LogP contribution is -2.33. The van der Waals surface area contributed by atoms with Gasteiger partial charge >= 0.3 is 0 Å². The van der Waals surface area contributed by atoms with Gasteiger partial charge in [-0.25, -0.2) is 9.97 Å². The predicted molar refractivity (Wildman–Crippen MR) is 112 cm³/mol. The molecule has 0 atom stereocenters. The lowest BCUT2D eigenvalue weighted by atomic mass is 9.94. The van der Waals surface area contributed by atoms with E-state index in [1.54, 1.807) is 7.11 Å². The average Bonchev–Trinajstić information content (AvgIpc) is 2.72. The van der Waals surface area contributed by atoms with Crippen LogP contribution in [-0.4, -0.2) is 53.6 Å². The first-order valence-electron chi connectivity index (χ1n) is 10.4. The van der Waals surface area contributed by atoms with Crippen molar-refractivity contribution in [2.45, 2.75) is 52.1 Å². The maximum atomic E-state index is 5.45. The largest absolute Gasteiger partial charge is 0.496 e. The Morgan fingerprint density at radius 1 is 1.11 bits per heavy atom. The minimum Gasteiger partial charge on any atom is -0.496 e. The molecule has 0 aliphatic carbocycles. The summed E-state index contributed by atoms with van der Waals surface area (Å²) in [4.78, 5) is 14.6. The zero-order valence-corrected chi connectivity index (χ0v) is 17.7. The summed E-state index contributed by atoms with van der Waals surface area (Å²) in [5, 5.41) is 0. The number of ether oxygens (including phenoxy) is 1. The Bertz CT molecular complexity index is 843. The van der Waals surface area contributed by atoms with Crippen LogP contribution in [0.4, 0.5) is 0 Å². The fourth-order valence-corrected chi connectivity index (χ4v) is 4.50. The van der Waals surface area contributed by atoms with E-state index in [0.29, 0.717) is 5.92 Å². The fourth-order valence-electron chi connectivity index (χ4n) is 4.50. The number of likely N-dealkylation sites (N-methyl/N-ethyl adjacent to an activating group) is 1. The normalized spacial score (nSPS) is 18.9. The van der Waals surface area contributed by atoms with Gasteiger partial charge in [0, 0.05) is 49.4 Å². The standard InChI is InChI=1S/C23H32N4O/c1-16-17(2)22(28-4)6-5-19(16)15-27-11-7-18(8-12-27)23-24-13-20-14-26(3)10-9-21(20)25-23/h5-6,13,18H,7-12,14-15H2,1-4H3. The molecule has 5 nitrogen and oxygen atoms in total. The van der Waals surface area contributed by atoms with Crippen molar-refractivity contribution >= 4 is 0 Å². The highest BCUT2D eigenvalue weighted by atomic mass is 16.5. The molecule has 5 heteroatoms. The predicted octanol–water partition coefficient (Wildman–Crippen LogP) is 3.47. The van der Waals surface area contributed by atoms with Gasteiger partial charge < -0.3 is 9.64 Å². The maximum Gasteiger partial charge on any atom is 0.131 e. The minimum atomic E-state index is 0.500. The van der Waals surface area contributed by atoms with Gasteiger partial charge in [-0.3, -0.25) is 4.90 Å². The molecule has 28 heavy (non-hydrogen) atoms. The molecule has 0 saturated carbocycles. The lowest BCUT2D eigenvalue weighted by molar-refractivity contribution is 0.201. The molecule has 3 heterocycles. The van der Waals surface area contributed by atoms with Gasteiger partial charge in [0.2, 0.25) is 0 Å². The second-order valence-electron chi connectivity index (χ2n) is 8.42. The van der Waals surface area contributed by atoms with E-state index in [4.69, 9.17) is 14.7 Å². The third kappa shape index (κ3) is 3.91. The highest BCUT2D eigenvalue weighted by Gasteiger charge is 2.25. The Morgan fingerprint density at radius 2 is 1.89 bits per heavy atom. The molecule has 1 aromatic carbocycles. The highest BCUT2D eigenvalue weighted by molar-refractivity contribution is 5.43. The monoisotopic (exact) mass is 380 g/mol. The Hall–Kier alpha value is -1.98. The van der Waals surface area contributed by atoms with Gasteiger partial charge in [0.15, 0.2) is 0 Å². The number of fused-ring (bicyclic) bond motifs is 1. The first-order valence-corrected chi connectivity index (χ1v) is 10.4. The van der Waals surface area contributed by atoms with Gasteiger partial charge in [0.05, 0.1) is 7.11 Å². The van der Waals surface area contributed by atoms with Crippen LogP contribution in [0.25, 0.3) is 0 Å². The summed E-state index contributed by atoms with van der Waals surface area (Å²) in [6, 6.07) is 4.32. The van der Waals surface area contributed by atoms with Crippen LogP contribution in [0.15, 0.2) is 18.3 Å². The van der Waals surface area contributed by atoms with Gasteiger partial charge in [-0.2, -0.15) is 0 Å². The Balaban J connectivity index is 1.38. The van der Waals surface area contributed by atoms with Gasteiger partial charge in [-0.05, 0) is 69.6 Å². The summed E-state index contributed by atoms with van der Waals surface area (Å²) in [5.74, 6) is 2.55. The first kappa shape index (κ1) is 19.3. The quantitative estimate of drug-likeness (QED) is 0.812. The van der Waals surface area contributed by atoms with E-state index in [1.165, 1.54) is 27.9 Å². The SMILES string of the molecule is COc1ccc(CN2CCC(c3ncc4c(n3)CCN(C)C4)CC2)c(C)c1C. The number of hydrogen-bond donors (Lipinski definition) is 0. The molecule has 0 unspecified atom stereocenters. The number of aromatic nitrogens is 2. The second kappa shape index (κ2) is 8.18. The molecule has 2 aliphatic heterocycles. The Kier molecular flexibility index (Phi) is 5.65. The molecule has 0 N–H and O–H groups in total. The summed E-state index contributed by atoms with van der Waals surface area (Å²) in [6.45, 7) is 9.67. The van der Waals surface area contributed by atoms with Gasteiger partial charge in [-0.1, -0.05) is 6.07 Å². The summed E-state index contributed by atoms with van der Waals surface area (Å²) in [5.41, 5.74) is 6.59. The van der Waals surface area contributed by atoms with Crippen LogP contribution in [0.5, 0.6) is 5.75 Å². The molecule has 1 fully saturated rings. The summed E-state index contributed by atoms with van der Waals surface area (Å²) in [6.07, 6.45) is 5.42. The molecular formula is C23H32N4O. The van der Waals surface area contributed by atoms with Crippen molar-refractivity contribution in [1.82, 2.24) is 19.8 Å². The molecule has 4 rings (SSSR count). The molecule has 0 spiro atoms. The molecule has 1 saturated heterocycles. The van der Waals surface area contributed by atoms with Crippen LogP contribution in [0.1, 0.15) is 52.5 Å². The van der Waals surface area contributed by atoms with Crippen molar-refractivity contribution in [3.8, 4) is 5.75 Å². The van der Waals surface area contributed by atoms with Crippen molar-refractivity contribution < 1.29 is 4.74 Å². The van der Waals surface area contributed by atoms with Crippen molar-refractivity contribution in [2.24, 2.45) is 0 Å². The number of rotatable bonds is 4.